The molecule has 1 aliphatic rings. The summed E-state index contributed by atoms with van der Waals surface area (Å²) in [4.78, 5) is 35.2. The Kier molecular flexibility index (Phi) is 5.12. The van der Waals surface area contributed by atoms with E-state index in [-0.39, 0.29) is 19.0 Å². The number of likely N-dealkylation sites (N-methyl/N-ethyl adjacent to an activating group) is 1. The number of carbonyl (C=O) groups excluding carboxylic acids is 1. The summed E-state index contributed by atoms with van der Waals surface area (Å²) in [5.74, 6) is -3.62. The fourth-order valence-corrected chi connectivity index (χ4v) is 2.47. The molecule has 0 aromatic rings. The van der Waals surface area contributed by atoms with Crippen LogP contribution in [-0.4, -0.2) is 46.0 Å². The van der Waals surface area contributed by atoms with Gasteiger partial charge >= 0.3 is 11.9 Å². The van der Waals surface area contributed by atoms with Crippen LogP contribution in [0.25, 0.3) is 0 Å². The topological polar surface area (TPSA) is 94.9 Å². The van der Waals surface area contributed by atoms with Gasteiger partial charge in [-0.05, 0) is 19.8 Å². The van der Waals surface area contributed by atoms with Gasteiger partial charge in [0.15, 0.2) is 0 Å². The molecule has 0 heterocycles. The molecule has 2 unspecified atom stereocenters. The van der Waals surface area contributed by atoms with Crippen LogP contribution in [0.5, 0.6) is 0 Å². The van der Waals surface area contributed by atoms with Crippen molar-refractivity contribution in [3.8, 4) is 0 Å². The van der Waals surface area contributed by atoms with Crippen molar-refractivity contribution < 1.29 is 24.6 Å². The second-order valence-electron chi connectivity index (χ2n) is 4.58. The van der Waals surface area contributed by atoms with Gasteiger partial charge in [0.2, 0.25) is 5.91 Å². The second-order valence-corrected chi connectivity index (χ2v) is 4.58. The van der Waals surface area contributed by atoms with Crippen LogP contribution < -0.4 is 0 Å². The summed E-state index contributed by atoms with van der Waals surface area (Å²) >= 11 is 0. The lowest BCUT2D eigenvalue weighted by Gasteiger charge is -2.31. The number of amides is 1. The lowest BCUT2D eigenvalue weighted by Crippen LogP contribution is -2.44. The zero-order valence-corrected chi connectivity index (χ0v) is 10.5. The molecule has 6 nitrogen and oxygen atoms in total. The lowest BCUT2D eigenvalue weighted by molar-refractivity contribution is -0.154. The number of nitrogens with zero attached hydrogens (tertiary/aromatic N) is 1. The van der Waals surface area contributed by atoms with Gasteiger partial charge in [0.25, 0.3) is 0 Å². The standard InChI is InChI=1S/C12H19NO5/c1-2-13(7-10(14)15)11(16)8-5-3-4-6-9(8)12(17)18/h8-9H,2-7H2,1H3,(H,14,15)(H,17,18). The quantitative estimate of drug-likeness (QED) is 0.760. The third kappa shape index (κ3) is 3.45. The monoisotopic (exact) mass is 257 g/mol. The molecule has 0 aromatic heterocycles. The minimum Gasteiger partial charge on any atom is -0.481 e. The maximum Gasteiger partial charge on any atom is 0.323 e. The number of rotatable bonds is 5. The van der Waals surface area contributed by atoms with E-state index in [1.54, 1.807) is 6.92 Å². The Labute approximate surface area is 106 Å². The highest BCUT2D eigenvalue weighted by Gasteiger charge is 2.37. The number of carboxylic acid groups (broad SMARTS) is 2. The molecule has 1 saturated carbocycles. The number of aliphatic carboxylic acids is 2. The van der Waals surface area contributed by atoms with Crippen molar-refractivity contribution in [1.29, 1.82) is 0 Å². The molecular weight excluding hydrogens is 238 g/mol. The first-order valence-electron chi connectivity index (χ1n) is 6.20. The van der Waals surface area contributed by atoms with Crippen LogP contribution in [0.3, 0.4) is 0 Å². The van der Waals surface area contributed by atoms with Crippen LogP contribution in [-0.2, 0) is 14.4 Å². The zero-order chi connectivity index (χ0) is 13.7. The van der Waals surface area contributed by atoms with Crippen LogP contribution in [0, 0.1) is 11.8 Å². The summed E-state index contributed by atoms with van der Waals surface area (Å²) in [5.41, 5.74) is 0. The van der Waals surface area contributed by atoms with E-state index in [1.165, 1.54) is 4.90 Å². The van der Waals surface area contributed by atoms with Crippen LogP contribution >= 0.6 is 0 Å². The van der Waals surface area contributed by atoms with Gasteiger partial charge < -0.3 is 15.1 Å². The van der Waals surface area contributed by atoms with E-state index >= 15 is 0 Å². The molecule has 2 atom stereocenters. The Bertz CT molecular complexity index is 341. The van der Waals surface area contributed by atoms with Crippen molar-refractivity contribution >= 4 is 17.8 Å². The van der Waals surface area contributed by atoms with Crippen molar-refractivity contribution in [3.63, 3.8) is 0 Å². The predicted molar refractivity (Wildman–Crippen MR) is 63.0 cm³/mol. The average molecular weight is 257 g/mol. The molecule has 6 heteroatoms. The minimum absolute atomic E-state index is 0.286. The molecule has 102 valence electrons. The molecule has 1 amide bonds. The fraction of sp³-hybridized carbons (Fsp3) is 0.750. The number of hydrogen-bond donors (Lipinski definition) is 2. The molecule has 2 N–H and O–H groups in total. The van der Waals surface area contributed by atoms with Gasteiger partial charge in [0.1, 0.15) is 6.54 Å². The van der Waals surface area contributed by atoms with Crippen LogP contribution in [0.4, 0.5) is 0 Å². The van der Waals surface area contributed by atoms with Gasteiger partial charge in [0, 0.05) is 6.54 Å². The highest BCUT2D eigenvalue weighted by molar-refractivity contribution is 5.87. The van der Waals surface area contributed by atoms with Gasteiger partial charge in [0.05, 0.1) is 11.8 Å². The van der Waals surface area contributed by atoms with Gasteiger partial charge in [-0.25, -0.2) is 0 Å². The van der Waals surface area contributed by atoms with Gasteiger partial charge in [-0.2, -0.15) is 0 Å². The number of carbonyl (C=O) groups is 3. The van der Waals surface area contributed by atoms with E-state index < -0.39 is 23.8 Å². The van der Waals surface area contributed by atoms with Gasteiger partial charge in [-0.3, -0.25) is 14.4 Å². The molecule has 0 radical (unpaired) electrons. The lowest BCUT2D eigenvalue weighted by atomic mass is 9.78. The van der Waals surface area contributed by atoms with E-state index in [1.807, 2.05) is 0 Å². The average Bonchev–Trinajstić information content (AvgIpc) is 2.34. The van der Waals surface area contributed by atoms with Crippen molar-refractivity contribution in [2.45, 2.75) is 32.6 Å². The van der Waals surface area contributed by atoms with Crippen LogP contribution in [0.15, 0.2) is 0 Å². The third-order valence-electron chi connectivity index (χ3n) is 3.42. The highest BCUT2D eigenvalue weighted by atomic mass is 16.4. The fourth-order valence-electron chi connectivity index (χ4n) is 2.47. The van der Waals surface area contributed by atoms with E-state index in [0.717, 1.165) is 12.8 Å². The SMILES string of the molecule is CCN(CC(=O)O)C(=O)C1CCCCC1C(=O)O. The van der Waals surface area contributed by atoms with Gasteiger partial charge in [-0.1, -0.05) is 12.8 Å². The molecule has 0 aliphatic heterocycles. The Balaban J connectivity index is 2.78. The molecular formula is C12H19NO5. The first-order valence-corrected chi connectivity index (χ1v) is 6.20. The summed E-state index contributed by atoms with van der Waals surface area (Å²) in [5, 5.41) is 17.8. The Morgan fingerprint density at radius 3 is 2.11 bits per heavy atom. The smallest absolute Gasteiger partial charge is 0.323 e. The summed E-state index contributed by atoms with van der Waals surface area (Å²) in [6.45, 7) is 1.62. The normalized spacial score (nSPS) is 23.4. The van der Waals surface area contributed by atoms with Crippen molar-refractivity contribution in [2.75, 3.05) is 13.1 Å². The molecule has 0 saturated heterocycles. The van der Waals surface area contributed by atoms with Crippen LogP contribution in [0.1, 0.15) is 32.6 Å². The molecule has 0 aromatic carbocycles. The molecule has 1 aliphatic carbocycles. The number of hydrogen-bond acceptors (Lipinski definition) is 3. The van der Waals surface area contributed by atoms with E-state index in [9.17, 15) is 14.4 Å². The van der Waals surface area contributed by atoms with E-state index in [2.05, 4.69) is 0 Å². The van der Waals surface area contributed by atoms with Crippen molar-refractivity contribution in [3.05, 3.63) is 0 Å². The zero-order valence-electron chi connectivity index (χ0n) is 10.5. The Morgan fingerprint density at radius 2 is 1.67 bits per heavy atom. The molecule has 0 bridgehead atoms. The first kappa shape index (κ1) is 14.5. The predicted octanol–water partition coefficient (Wildman–Crippen LogP) is 0.810. The maximum absolute atomic E-state index is 12.2. The summed E-state index contributed by atoms with van der Waals surface area (Å²) in [7, 11) is 0. The van der Waals surface area contributed by atoms with Crippen molar-refractivity contribution in [2.24, 2.45) is 11.8 Å². The maximum atomic E-state index is 12.2. The molecule has 18 heavy (non-hydrogen) atoms. The summed E-state index contributed by atoms with van der Waals surface area (Å²) in [6.07, 6.45) is 2.67. The second kappa shape index (κ2) is 6.37. The van der Waals surface area contributed by atoms with E-state index in [4.69, 9.17) is 10.2 Å². The number of carboxylic acids is 2. The van der Waals surface area contributed by atoms with Crippen LogP contribution in [0.2, 0.25) is 0 Å². The summed E-state index contributed by atoms with van der Waals surface area (Å²) < 4.78 is 0. The first-order chi connectivity index (χ1) is 8.47. The van der Waals surface area contributed by atoms with Gasteiger partial charge in [-0.15, -0.1) is 0 Å². The third-order valence-corrected chi connectivity index (χ3v) is 3.42. The molecule has 0 spiro atoms. The Hall–Kier alpha value is -1.59. The molecule has 1 rings (SSSR count). The van der Waals surface area contributed by atoms with Crippen molar-refractivity contribution in [1.82, 2.24) is 4.90 Å². The molecule has 1 fully saturated rings. The minimum atomic E-state index is -1.08. The summed E-state index contributed by atoms with van der Waals surface area (Å²) in [6, 6.07) is 0. The highest BCUT2D eigenvalue weighted by Crippen LogP contribution is 2.31. The van der Waals surface area contributed by atoms with E-state index in [0.29, 0.717) is 12.8 Å². The Morgan fingerprint density at radius 1 is 1.11 bits per heavy atom. The largest absolute Gasteiger partial charge is 0.481 e.